The van der Waals surface area contributed by atoms with Crippen LogP contribution in [-0.2, 0) is 17.7 Å². The van der Waals surface area contributed by atoms with Gasteiger partial charge >= 0.3 is 0 Å². The van der Waals surface area contributed by atoms with E-state index >= 15 is 0 Å². The number of ether oxygens (including phenoxy) is 2. The van der Waals surface area contributed by atoms with Gasteiger partial charge in [-0.15, -0.1) is 0 Å². The average molecular weight is 451 g/mol. The number of carbonyl (C=O) groups is 1. The van der Waals surface area contributed by atoms with Crippen LogP contribution in [0, 0.1) is 11.8 Å². The Balaban J connectivity index is 1.53. The molecule has 2 bridgehead atoms. The number of hydrogen-bond acceptors (Lipinski definition) is 4. The molecule has 2 aromatic carbocycles. The van der Waals surface area contributed by atoms with Crippen LogP contribution in [0.25, 0.3) is 0 Å². The molecule has 4 rings (SSSR count). The van der Waals surface area contributed by atoms with Crippen molar-refractivity contribution in [3.8, 4) is 5.75 Å². The zero-order valence-corrected chi connectivity index (χ0v) is 20.1. The van der Waals surface area contributed by atoms with Crippen LogP contribution in [0.5, 0.6) is 5.75 Å². The van der Waals surface area contributed by atoms with Crippen LogP contribution in [0.2, 0.25) is 0 Å². The minimum atomic E-state index is 0.00184. The maximum absolute atomic E-state index is 12.7. The third-order valence-corrected chi connectivity index (χ3v) is 6.42. The fraction of sp³-hybridized carbons (Fsp3) is 0.536. The van der Waals surface area contributed by atoms with E-state index in [9.17, 15) is 4.79 Å². The van der Waals surface area contributed by atoms with E-state index in [0.29, 0.717) is 37.2 Å². The maximum Gasteiger partial charge on any atom is 0.251 e. The van der Waals surface area contributed by atoms with Gasteiger partial charge in [0.05, 0.1) is 13.2 Å². The van der Waals surface area contributed by atoms with E-state index in [1.54, 1.807) is 0 Å². The lowest BCUT2D eigenvalue weighted by Crippen LogP contribution is -2.29. The van der Waals surface area contributed by atoms with Crippen LogP contribution in [0.15, 0.2) is 42.5 Å². The van der Waals surface area contributed by atoms with Crippen LogP contribution >= 0.6 is 0 Å². The minimum absolute atomic E-state index is 0.00184. The van der Waals surface area contributed by atoms with Gasteiger partial charge in [-0.1, -0.05) is 38.1 Å². The topological polar surface area (TPSA) is 50.8 Å². The molecule has 1 amide bonds. The van der Waals surface area contributed by atoms with Crippen molar-refractivity contribution in [2.45, 2.75) is 46.1 Å². The van der Waals surface area contributed by atoms with E-state index in [2.05, 4.69) is 48.3 Å². The van der Waals surface area contributed by atoms with Crippen molar-refractivity contribution in [2.24, 2.45) is 11.8 Å². The van der Waals surface area contributed by atoms with Crippen molar-refractivity contribution < 1.29 is 14.3 Å². The molecule has 1 saturated carbocycles. The lowest BCUT2D eigenvalue weighted by molar-refractivity contribution is 0.0764. The second-order valence-electron chi connectivity index (χ2n) is 9.89. The molecule has 1 aliphatic heterocycles. The average Bonchev–Trinajstić information content (AvgIpc) is 3.63. The van der Waals surface area contributed by atoms with Gasteiger partial charge in [0.25, 0.3) is 5.91 Å². The van der Waals surface area contributed by atoms with Crippen molar-refractivity contribution in [3.05, 3.63) is 64.7 Å². The highest BCUT2D eigenvalue weighted by Gasteiger charge is 2.22. The molecule has 5 nitrogen and oxygen atoms in total. The number of rotatable bonds is 6. The first-order chi connectivity index (χ1) is 16.1. The monoisotopic (exact) mass is 450 g/mol. The van der Waals surface area contributed by atoms with E-state index in [4.69, 9.17) is 9.47 Å². The molecule has 1 fully saturated rings. The molecule has 178 valence electrons. The standard InChI is InChI=1S/C28H38N2O3/c1-21(2)10-11-30-12-13-32-14-15-33-27-9-8-25(28(31)29-19-22-6-7-22)18-26(27)17-23-4-3-5-24(16-23)20-30/h3-5,8-9,16,18,21-22H,6-7,10-15,17,19-20H2,1-2H3,(H,29,31). The molecule has 1 aliphatic carbocycles. The Labute approximate surface area is 198 Å². The second kappa shape index (κ2) is 11.7. The second-order valence-corrected chi connectivity index (χ2v) is 9.89. The molecular weight excluding hydrogens is 412 g/mol. The molecule has 1 heterocycles. The lowest BCUT2D eigenvalue weighted by Gasteiger charge is -2.24. The summed E-state index contributed by atoms with van der Waals surface area (Å²) >= 11 is 0. The molecule has 0 saturated heterocycles. The number of amides is 1. The zero-order chi connectivity index (χ0) is 23.0. The number of fused-ring (bicyclic) bond motifs is 3. The van der Waals surface area contributed by atoms with Crippen LogP contribution in [-0.4, -0.2) is 50.3 Å². The van der Waals surface area contributed by atoms with Crippen molar-refractivity contribution in [1.29, 1.82) is 0 Å². The fourth-order valence-electron chi connectivity index (χ4n) is 4.19. The van der Waals surface area contributed by atoms with Gasteiger partial charge in [-0.25, -0.2) is 0 Å². The van der Waals surface area contributed by atoms with Crippen molar-refractivity contribution in [2.75, 3.05) is 39.5 Å². The number of nitrogens with zero attached hydrogens (tertiary/aromatic N) is 1. The summed E-state index contributed by atoms with van der Waals surface area (Å²) in [5.41, 5.74) is 4.30. The Morgan fingerprint density at radius 2 is 1.94 bits per heavy atom. The Morgan fingerprint density at radius 1 is 1.09 bits per heavy atom. The maximum atomic E-state index is 12.7. The van der Waals surface area contributed by atoms with E-state index in [0.717, 1.165) is 43.9 Å². The molecule has 33 heavy (non-hydrogen) atoms. The fourth-order valence-corrected chi connectivity index (χ4v) is 4.19. The molecule has 0 unspecified atom stereocenters. The molecule has 2 aliphatic rings. The van der Waals surface area contributed by atoms with Gasteiger partial charge in [-0.05, 0) is 72.5 Å². The van der Waals surface area contributed by atoms with E-state index in [1.165, 1.54) is 30.4 Å². The Morgan fingerprint density at radius 3 is 2.76 bits per heavy atom. The number of carbonyl (C=O) groups excluding carboxylic acids is 1. The lowest BCUT2D eigenvalue weighted by atomic mass is 9.99. The Kier molecular flexibility index (Phi) is 8.40. The van der Waals surface area contributed by atoms with E-state index in [1.807, 2.05) is 18.2 Å². The first-order valence-corrected chi connectivity index (χ1v) is 12.5. The molecule has 0 aromatic heterocycles. The molecule has 2 aromatic rings. The summed E-state index contributed by atoms with van der Waals surface area (Å²) in [6.45, 7) is 10.0. The van der Waals surface area contributed by atoms with Gasteiger partial charge in [0.2, 0.25) is 0 Å². The minimum Gasteiger partial charge on any atom is -0.491 e. The third kappa shape index (κ3) is 7.58. The summed E-state index contributed by atoms with van der Waals surface area (Å²) in [5.74, 6) is 2.18. The van der Waals surface area contributed by atoms with Crippen molar-refractivity contribution in [3.63, 3.8) is 0 Å². The van der Waals surface area contributed by atoms with Gasteiger partial charge in [0, 0.05) is 31.6 Å². The van der Waals surface area contributed by atoms with Crippen LogP contribution in [0.1, 0.15) is 60.2 Å². The van der Waals surface area contributed by atoms with Crippen LogP contribution in [0.3, 0.4) is 0 Å². The quantitative estimate of drug-likeness (QED) is 0.695. The van der Waals surface area contributed by atoms with Gasteiger partial charge in [0.1, 0.15) is 12.4 Å². The molecule has 0 spiro atoms. The summed E-state index contributed by atoms with van der Waals surface area (Å²) in [7, 11) is 0. The summed E-state index contributed by atoms with van der Waals surface area (Å²) in [4.78, 5) is 15.2. The van der Waals surface area contributed by atoms with Gasteiger partial charge < -0.3 is 14.8 Å². The molecular formula is C28H38N2O3. The smallest absolute Gasteiger partial charge is 0.251 e. The summed E-state index contributed by atoms with van der Waals surface area (Å²) in [5, 5.41) is 3.08. The highest BCUT2D eigenvalue weighted by molar-refractivity contribution is 5.94. The molecule has 1 N–H and O–H groups in total. The zero-order valence-electron chi connectivity index (χ0n) is 20.1. The van der Waals surface area contributed by atoms with E-state index in [-0.39, 0.29) is 5.91 Å². The van der Waals surface area contributed by atoms with Crippen LogP contribution < -0.4 is 10.1 Å². The first kappa shape index (κ1) is 23.8. The summed E-state index contributed by atoms with van der Waals surface area (Å²) in [6, 6.07) is 14.6. The number of benzene rings is 2. The van der Waals surface area contributed by atoms with E-state index < -0.39 is 0 Å². The summed E-state index contributed by atoms with van der Waals surface area (Å²) < 4.78 is 12.0. The highest BCUT2D eigenvalue weighted by Crippen LogP contribution is 2.28. The third-order valence-electron chi connectivity index (χ3n) is 6.42. The Hall–Kier alpha value is -2.37. The predicted octanol–water partition coefficient (Wildman–Crippen LogP) is 4.67. The van der Waals surface area contributed by atoms with Gasteiger partial charge in [0.15, 0.2) is 0 Å². The predicted molar refractivity (Wildman–Crippen MR) is 132 cm³/mol. The SMILES string of the molecule is CC(C)CCN1CCOCCOc2ccc(C(=O)NCC3CC3)cc2Cc2cccc(c2)C1. The van der Waals surface area contributed by atoms with Crippen molar-refractivity contribution >= 4 is 5.91 Å². The molecule has 5 heteroatoms. The first-order valence-electron chi connectivity index (χ1n) is 12.5. The van der Waals surface area contributed by atoms with Gasteiger partial charge in [-0.2, -0.15) is 0 Å². The van der Waals surface area contributed by atoms with Crippen molar-refractivity contribution in [1.82, 2.24) is 10.2 Å². The largest absolute Gasteiger partial charge is 0.491 e. The Bertz CT molecular complexity index is 923. The van der Waals surface area contributed by atoms with Crippen LogP contribution in [0.4, 0.5) is 0 Å². The number of nitrogens with one attached hydrogen (secondary N) is 1. The molecule has 0 atom stereocenters. The summed E-state index contributed by atoms with van der Waals surface area (Å²) in [6.07, 6.45) is 4.37. The normalized spacial score (nSPS) is 17.7. The van der Waals surface area contributed by atoms with Gasteiger partial charge in [-0.3, -0.25) is 9.69 Å². The highest BCUT2D eigenvalue weighted by atomic mass is 16.5. The number of hydrogen-bond donors (Lipinski definition) is 1. The molecule has 0 radical (unpaired) electrons.